The molecule has 1 aliphatic rings. The van der Waals surface area contributed by atoms with E-state index in [1.165, 1.54) is 22.2 Å². The van der Waals surface area contributed by atoms with Gasteiger partial charge in [-0.15, -0.1) is 11.3 Å². The molecule has 5 nitrogen and oxygen atoms in total. The number of rotatable bonds is 7. The smallest absolute Gasteiger partial charge is 0.262 e. The van der Waals surface area contributed by atoms with Crippen LogP contribution in [-0.2, 0) is 17.8 Å². The SMILES string of the molecule is CCCCn1c(SCC(=O)N2CCc3sccc3C2CC)nc2ccccc2c1=O. The quantitative estimate of drug-likeness (QED) is 0.387. The fourth-order valence-corrected chi connectivity index (χ4v) is 5.96. The minimum Gasteiger partial charge on any atom is -0.335 e. The van der Waals surface area contributed by atoms with Gasteiger partial charge in [-0.2, -0.15) is 0 Å². The standard InChI is InChI=1S/C23H27N3O2S2/c1-3-5-12-26-22(28)16-8-6-7-9-18(16)24-23(26)30-15-21(27)25-13-10-20-17(11-14-29-20)19(25)4-2/h6-9,11,14,19H,3-5,10,12-13,15H2,1-2H3. The summed E-state index contributed by atoms with van der Waals surface area (Å²) < 4.78 is 1.74. The average Bonchev–Trinajstić information content (AvgIpc) is 3.25. The van der Waals surface area contributed by atoms with Crippen LogP contribution >= 0.6 is 23.1 Å². The highest BCUT2D eigenvalue weighted by Gasteiger charge is 2.30. The Hall–Kier alpha value is -2.12. The fourth-order valence-electron chi connectivity index (χ4n) is 4.12. The third kappa shape index (κ3) is 4.05. The molecule has 1 aromatic carbocycles. The average molecular weight is 442 g/mol. The van der Waals surface area contributed by atoms with E-state index >= 15 is 0 Å². The molecular formula is C23H27N3O2S2. The van der Waals surface area contributed by atoms with Crippen LogP contribution < -0.4 is 5.56 Å². The predicted molar refractivity (Wildman–Crippen MR) is 124 cm³/mol. The van der Waals surface area contributed by atoms with Crippen LogP contribution in [0.3, 0.4) is 0 Å². The largest absolute Gasteiger partial charge is 0.335 e. The molecular weight excluding hydrogens is 414 g/mol. The number of carbonyl (C=O) groups is 1. The van der Waals surface area contributed by atoms with E-state index in [-0.39, 0.29) is 17.5 Å². The molecule has 3 aromatic rings. The zero-order valence-corrected chi connectivity index (χ0v) is 19.1. The van der Waals surface area contributed by atoms with Crippen LogP contribution in [0.2, 0.25) is 0 Å². The number of amides is 1. The molecule has 0 aliphatic carbocycles. The lowest BCUT2D eigenvalue weighted by molar-refractivity contribution is -0.131. The molecule has 158 valence electrons. The fraction of sp³-hybridized carbons (Fsp3) is 0.435. The molecule has 0 bridgehead atoms. The highest BCUT2D eigenvalue weighted by molar-refractivity contribution is 7.99. The van der Waals surface area contributed by atoms with Crippen LogP contribution in [0.1, 0.15) is 49.6 Å². The molecule has 1 atom stereocenters. The zero-order valence-electron chi connectivity index (χ0n) is 17.5. The number of hydrogen-bond donors (Lipinski definition) is 0. The molecule has 0 saturated heterocycles. The van der Waals surface area contributed by atoms with E-state index in [0.29, 0.717) is 28.4 Å². The Morgan fingerprint density at radius 2 is 2.10 bits per heavy atom. The van der Waals surface area contributed by atoms with Crippen LogP contribution in [0, 0.1) is 0 Å². The van der Waals surface area contributed by atoms with Gasteiger partial charge in [-0.3, -0.25) is 14.2 Å². The molecule has 30 heavy (non-hydrogen) atoms. The molecule has 7 heteroatoms. The van der Waals surface area contributed by atoms with Gasteiger partial charge in [-0.1, -0.05) is 44.2 Å². The van der Waals surface area contributed by atoms with Crippen LogP contribution in [0.25, 0.3) is 10.9 Å². The maximum absolute atomic E-state index is 13.1. The van der Waals surface area contributed by atoms with Gasteiger partial charge in [-0.05, 0) is 48.4 Å². The summed E-state index contributed by atoms with van der Waals surface area (Å²) in [6.45, 7) is 5.64. The summed E-state index contributed by atoms with van der Waals surface area (Å²) in [5.41, 5.74) is 1.98. The van der Waals surface area contributed by atoms with Crippen LogP contribution in [-0.4, -0.2) is 32.7 Å². The van der Waals surface area contributed by atoms with Gasteiger partial charge >= 0.3 is 0 Å². The number of benzene rings is 1. The number of para-hydroxylation sites is 1. The highest BCUT2D eigenvalue weighted by Crippen LogP contribution is 2.35. The third-order valence-corrected chi connectivity index (χ3v) is 7.65. The summed E-state index contributed by atoms with van der Waals surface area (Å²) in [4.78, 5) is 34.3. The van der Waals surface area contributed by atoms with E-state index in [2.05, 4.69) is 25.3 Å². The number of unbranched alkanes of at least 4 members (excludes halogenated alkanes) is 1. The Labute approximate surface area is 185 Å². The highest BCUT2D eigenvalue weighted by atomic mass is 32.2. The molecule has 0 saturated carbocycles. The molecule has 1 unspecified atom stereocenters. The Balaban J connectivity index is 1.57. The number of aromatic nitrogens is 2. The molecule has 3 heterocycles. The Kier molecular flexibility index (Phi) is 6.58. The first-order valence-corrected chi connectivity index (χ1v) is 12.5. The first-order valence-electron chi connectivity index (χ1n) is 10.6. The van der Waals surface area contributed by atoms with Crippen molar-refractivity contribution in [3.63, 3.8) is 0 Å². The summed E-state index contributed by atoms with van der Waals surface area (Å²) in [5, 5.41) is 3.40. The van der Waals surface area contributed by atoms with Crippen molar-refractivity contribution < 1.29 is 4.79 Å². The van der Waals surface area contributed by atoms with Gasteiger partial charge in [0.1, 0.15) is 0 Å². The molecule has 1 aliphatic heterocycles. The number of nitrogens with zero attached hydrogens (tertiary/aromatic N) is 3. The van der Waals surface area contributed by atoms with Gasteiger partial charge in [0.15, 0.2) is 5.16 Å². The zero-order chi connectivity index (χ0) is 21.1. The van der Waals surface area contributed by atoms with E-state index < -0.39 is 0 Å². The topological polar surface area (TPSA) is 55.2 Å². The van der Waals surface area contributed by atoms with Gasteiger partial charge in [-0.25, -0.2) is 4.98 Å². The molecule has 0 radical (unpaired) electrons. The first kappa shape index (κ1) is 21.1. The maximum Gasteiger partial charge on any atom is 0.262 e. The second-order valence-corrected chi connectivity index (χ2v) is 9.51. The van der Waals surface area contributed by atoms with Gasteiger partial charge in [0.2, 0.25) is 5.91 Å². The molecule has 2 aromatic heterocycles. The Morgan fingerprint density at radius 1 is 1.27 bits per heavy atom. The Morgan fingerprint density at radius 3 is 2.90 bits per heavy atom. The van der Waals surface area contributed by atoms with Crippen molar-refractivity contribution in [3.8, 4) is 0 Å². The van der Waals surface area contributed by atoms with Crippen molar-refractivity contribution in [1.29, 1.82) is 0 Å². The number of thioether (sulfide) groups is 1. The third-order valence-electron chi connectivity index (χ3n) is 5.69. The summed E-state index contributed by atoms with van der Waals surface area (Å²) in [6.07, 6.45) is 3.74. The van der Waals surface area contributed by atoms with E-state index in [9.17, 15) is 9.59 Å². The van der Waals surface area contributed by atoms with Crippen molar-refractivity contribution in [2.24, 2.45) is 0 Å². The second kappa shape index (κ2) is 9.35. The molecule has 1 amide bonds. The Bertz CT molecular complexity index is 1110. The normalized spacial score (nSPS) is 16.1. The van der Waals surface area contributed by atoms with Crippen molar-refractivity contribution in [3.05, 3.63) is 56.5 Å². The number of fused-ring (bicyclic) bond motifs is 2. The summed E-state index contributed by atoms with van der Waals surface area (Å²) in [5.74, 6) is 0.417. The summed E-state index contributed by atoms with van der Waals surface area (Å²) in [7, 11) is 0. The maximum atomic E-state index is 13.1. The molecule has 4 rings (SSSR count). The number of carbonyl (C=O) groups excluding carboxylic acids is 1. The molecule has 0 N–H and O–H groups in total. The lowest BCUT2D eigenvalue weighted by Gasteiger charge is -2.35. The van der Waals surface area contributed by atoms with E-state index in [0.717, 1.165) is 32.2 Å². The monoisotopic (exact) mass is 441 g/mol. The van der Waals surface area contributed by atoms with E-state index in [1.54, 1.807) is 15.9 Å². The summed E-state index contributed by atoms with van der Waals surface area (Å²) >= 11 is 3.18. The van der Waals surface area contributed by atoms with Crippen LogP contribution in [0.5, 0.6) is 0 Å². The van der Waals surface area contributed by atoms with Crippen molar-refractivity contribution in [2.45, 2.75) is 57.3 Å². The lowest BCUT2D eigenvalue weighted by atomic mass is 9.98. The number of hydrogen-bond acceptors (Lipinski definition) is 5. The van der Waals surface area contributed by atoms with Crippen molar-refractivity contribution in [1.82, 2.24) is 14.5 Å². The minimum absolute atomic E-state index is 0.0173. The number of thiophene rings is 1. The van der Waals surface area contributed by atoms with Gasteiger partial charge in [0.25, 0.3) is 5.56 Å². The second-order valence-electron chi connectivity index (χ2n) is 7.57. The van der Waals surface area contributed by atoms with Crippen LogP contribution in [0.4, 0.5) is 0 Å². The van der Waals surface area contributed by atoms with E-state index in [4.69, 9.17) is 4.98 Å². The summed E-state index contributed by atoms with van der Waals surface area (Å²) in [6, 6.07) is 9.76. The lowest BCUT2D eigenvalue weighted by Crippen LogP contribution is -2.40. The van der Waals surface area contributed by atoms with Crippen molar-refractivity contribution in [2.75, 3.05) is 12.3 Å². The molecule has 0 spiro atoms. The van der Waals surface area contributed by atoms with Gasteiger partial charge in [0.05, 0.1) is 22.7 Å². The van der Waals surface area contributed by atoms with E-state index in [1.807, 2.05) is 29.2 Å². The van der Waals surface area contributed by atoms with Crippen LogP contribution in [0.15, 0.2) is 45.7 Å². The van der Waals surface area contributed by atoms with Gasteiger partial charge < -0.3 is 4.90 Å². The van der Waals surface area contributed by atoms with Gasteiger partial charge in [0, 0.05) is 18.0 Å². The first-order chi connectivity index (χ1) is 14.6. The predicted octanol–water partition coefficient (Wildman–Crippen LogP) is 4.89. The molecule has 0 fully saturated rings. The van der Waals surface area contributed by atoms with Crippen molar-refractivity contribution >= 4 is 39.9 Å². The minimum atomic E-state index is -0.0173.